The minimum absolute atomic E-state index is 0.107. The molecule has 5 nitrogen and oxygen atoms in total. The number of ether oxygens (including phenoxy) is 1. The lowest BCUT2D eigenvalue weighted by molar-refractivity contribution is -0.144. The molecule has 1 unspecified atom stereocenters. The Morgan fingerprint density at radius 2 is 2.00 bits per heavy atom. The summed E-state index contributed by atoms with van der Waals surface area (Å²) in [6, 6.07) is 2.56. The number of halogens is 2. The highest BCUT2D eigenvalue weighted by Gasteiger charge is 2.30. The highest BCUT2D eigenvalue weighted by atomic mass is 19.1. The molecule has 0 saturated carbocycles. The number of nitrogens with one attached hydrogen (secondary N) is 1. The van der Waals surface area contributed by atoms with Crippen LogP contribution in [0.1, 0.15) is 23.2 Å². The molecule has 1 aliphatic rings. The summed E-state index contributed by atoms with van der Waals surface area (Å²) in [6.45, 7) is 0.844. The fourth-order valence-corrected chi connectivity index (χ4v) is 2.54. The summed E-state index contributed by atoms with van der Waals surface area (Å²) in [7, 11) is 0. The van der Waals surface area contributed by atoms with Crippen molar-refractivity contribution in [3.63, 3.8) is 0 Å². The number of carbonyl (C=O) groups is 2. The van der Waals surface area contributed by atoms with Gasteiger partial charge in [-0.3, -0.25) is 9.59 Å². The predicted octanol–water partition coefficient (Wildman–Crippen LogP) is 1.82. The molecule has 1 aromatic rings. The fourth-order valence-electron chi connectivity index (χ4n) is 2.54. The first-order chi connectivity index (χ1) is 10.5. The van der Waals surface area contributed by atoms with E-state index >= 15 is 0 Å². The Labute approximate surface area is 126 Å². The molecule has 2 rings (SSSR count). The highest BCUT2D eigenvalue weighted by molar-refractivity contribution is 5.94. The number of carboxylic acids is 1. The largest absolute Gasteiger partial charge is 0.481 e. The third-order valence-corrected chi connectivity index (χ3v) is 3.81. The van der Waals surface area contributed by atoms with E-state index in [1.54, 1.807) is 0 Å². The van der Waals surface area contributed by atoms with Gasteiger partial charge < -0.3 is 15.2 Å². The van der Waals surface area contributed by atoms with Crippen molar-refractivity contribution in [3.05, 3.63) is 35.4 Å². The Balaban J connectivity index is 2.01. The number of aliphatic carboxylic acids is 1. The Morgan fingerprint density at radius 1 is 1.32 bits per heavy atom. The Morgan fingerprint density at radius 3 is 2.64 bits per heavy atom. The molecule has 0 bridgehead atoms. The summed E-state index contributed by atoms with van der Waals surface area (Å²) >= 11 is 0. The quantitative estimate of drug-likeness (QED) is 0.869. The zero-order chi connectivity index (χ0) is 16.1. The van der Waals surface area contributed by atoms with Crippen molar-refractivity contribution in [3.8, 4) is 0 Å². The topological polar surface area (TPSA) is 75.6 Å². The average Bonchev–Trinajstić information content (AvgIpc) is 2.50. The first-order valence-corrected chi connectivity index (χ1v) is 7.03. The highest BCUT2D eigenvalue weighted by Crippen LogP contribution is 2.24. The van der Waals surface area contributed by atoms with Crippen molar-refractivity contribution in [1.29, 1.82) is 0 Å². The second-order valence-electron chi connectivity index (χ2n) is 5.23. The lowest BCUT2D eigenvalue weighted by Gasteiger charge is -2.27. The van der Waals surface area contributed by atoms with E-state index in [9.17, 15) is 23.5 Å². The molecule has 0 spiro atoms. The van der Waals surface area contributed by atoms with E-state index < -0.39 is 35.0 Å². The van der Waals surface area contributed by atoms with Gasteiger partial charge in [0.15, 0.2) is 0 Å². The fraction of sp³-hybridized carbons (Fsp3) is 0.467. The van der Waals surface area contributed by atoms with Gasteiger partial charge in [0.25, 0.3) is 5.91 Å². The van der Waals surface area contributed by atoms with Gasteiger partial charge in [-0.15, -0.1) is 0 Å². The maximum absolute atomic E-state index is 13.5. The summed E-state index contributed by atoms with van der Waals surface area (Å²) in [6.07, 6.45) is 1.20. The zero-order valence-electron chi connectivity index (χ0n) is 11.9. The maximum atomic E-state index is 13.5. The lowest BCUT2D eigenvalue weighted by atomic mass is 9.86. The van der Waals surface area contributed by atoms with Crippen molar-refractivity contribution in [2.24, 2.45) is 11.8 Å². The van der Waals surface area contributed by atoms with Crippen LogP contribution >= 0.6 is 0 Å². The number of rotatable bonds is 5. The second-order valence-corrected chi connectivity index (χ2v) is 5.23. The normalized spacial score (nSPS) is 17.0. The Kier molecular flexibility index (Phi) is 5.43. The molecule has 1 aliphatic heterocycles. The van der Waals surface area contributed by atoms with Crippen LogP contribution in [0.25, 0.3) is 0 Å². The molecule has 0 radical (unpaired) electrons. The summed E-state index contributed by atoms with van der Waals surface area (Å²) in [5.74, 6) is -4.31. The number of carboxylic acid groups (broad SMARTS) is 1. The summed E-state index contributed by atoms with van der Waals surface area (Å²) < 4.78 is 31.7. The van der Waals surface area contributed by atoms with Crippen LogP contribution in [0.4, 0.5) is 8.78 Å². The third kappa shape index (κ3) is 4.00. The molecule has 1 amide bonds. The van der Waals surface area contributed by atoms with E-state index in [-0.39, 0.29) is 12.5 Å². The first kappa shape index (κ1) is 16.4. The molecule has 1 atom stereocenters. The van der Waals surface area contributed by atoms with Crippen LogP contribution in [0.15, 0.2) is 18.2 Å². The molecule has 120 valence electrons. The SMILES string of the molecule is O=C(NCC(C(=O)O)C1CCOCC1)c1cc(F)ccc1F. The zero-order valence-corrected chi connectivity index (χ0v) is 11.9. The average molecular weight is 313 g/mol. The lowest BCUT2D eigenvalue weighted by Crippen LogP contribution is -2.39. The van der Waals surface area contributed by atoms with Crippen molar-refractivity contribution >= 4 is 11.9 Å². The van der Waals surface area contributed by atoms with Crippen LogP contribution in [0.5, 0.6) is 0 Å². The molecular weight excluding hydrogens is 296 g/mol. The number of amides is 1. The van der Waals surface area contributed by atoms with Gasteiger partial charge in [0.2, 0.25) is 0 Å². The number of carbonyl (C=O) groups excluding carboxylic acids is 1. The second kappa shape index (κ2) is 7.31. The molecule has 1 fully saturated rings. The number of benzene rings is 1. The van der Waals surface area contributed by atoms with E-state index in [2.05, 4.69) is 5.32 Å². The smallest absolute Gasteiger partial charge is 0.308 e. The molecule has 2 N–H and O–H groups in total. The standard InChI is InChI=1S/C15H17F2NO4/c16-10-1-2-13(17)11(7-10)14(19)18-8-12(15(20)21)9-3-5-22-6-4-9/h1-2,7,9,12H,3-6,8H2,(H,18,19)(H,20,21). The van der Waals surface area contributed by atoms with Crippen LogP contribution in [-0.4, -0.2) is 36.7 Å². The van der Waals surface area contributed by atoms with Crippen LogP contribution in [0.2, 0.25) is 0 Å². The van der Waals surface area contributed by atoms with Crippen molar-refractivity contribution in [1.82, 2.24) is 5.32 Å². The third-order valence-electron chi connectivity index (χ3n) is 3.81. The van der Waals surface area contributed by atoms with Gasteiger partial charge in [-0.2, -0.15) is 0 Å². The monoisotopic (exact) mass is 313 g/mol. The van der Waals surface area contributed by atoms with Gasteiger partial charge in [-0.05, 0) is 37.0 Å². The minimum atomic E-state index is -1.02. The summed E-state index contributed by atoms with van der Waals surface area (Å²) in [4.78, 5) is 23.2. The molecular formula is C15H17F2NO4. The van der Waals surface area contributed by atoms with Crippen molar-refractivity contribution in [2.45, 2.75) is 12.8 Å². The Hall–Kier alpha value is -2.02. The van der Waals surface area contributed by atoms with Gasteiger partial charge >= 0.3 is 5.97 Å². The van der Waals surface area contributed by atoms with Crippen molar-refractivity contribution < 1.29 is 28.2 Å². The molecule has 1 heterocycles. The van der Waals surface area contributed by atoms with Crippen LogP contribution in [0.3, 0.4) is 0 Å². The summed E-state index contributed by atoms with van der Waals surface area (Å²) in [5.41, 5.74) is -0.434. The van der Waals surface area contributed by atoms with Gasteiger partial charge in [-0.25, -0.2) is 8.78 Å². The van der Waals surface area contributed by atoms with Gasteiger partial charge in [0, 0.05) is 19.8 Å². The van der Waals surface area contributed by atoms with Gasteiger partial charge in [0.1, 0.15) is 11.6 Å². The summed E-state index contributed by atoms with van der Waals surface area (Å²) in [5, 5.41) is 11.7. The predicted molar refractivity (Wildman–Crippen MR) is 73.4 cm³/mol. The van der Waals surface area contributed by atoms with Crippen LogP contribution in [0, 0.1) is 23.5 Å². The van der Waals surface area contributed by atoms with Crippen LogP contribution < -0.4 is 5.32 Å². The van der Waals surface area contributed by atoms with E-state index in [0.717, 1.165) is 18.2 Å². The maximum Gasteiger partial charge on any atom is 0.308 e. The number of hydrogen-bond acceptors (Lipinski definition) is 3. The molecule has 1 aromatic carbocycles. The van der Waals surface area contributed by atoms with E-state index in [4.69, 9.17) is 4.74 Å². The molecule has 7 heteroatoms. The van der Waals surface area contributed by atoms with Crippen molar-refractivity contribution in [2.75, 3.05) is 19.8 Å². The van der Waals surface area contributed by atoms with Gasteiger partial charge in [0.05, 0.1) is 11.5 Å². The molecule has 0 aliphatic carbocycles. The molecule has 0 aromatic heterocycles. The molecule has 22 heavy (non-hydrogen) atoms. The van der Waals surface area contributed by atoms with E-state index in [1.807, 2.05) is 0 Å². The van der Waals surface area contributed by atoms with E-state index in [1.165, 1.54) is 0 Å². The molecule has 1 saturated heterocycles. The number of hydrogen-bond donors (Lipinski definition) is 2. The Bertz CT molecular complexity index is 558. The van der Waals surface area contributed by atoms with Gasteiger partial charge in [-0.1, -0.05) is 0 Å². The van der Waals surface area contributed by atoms with E-state index in [0.29, 0.717) is 26.1 Å². The minimum Gasteiger partial charge on any atom is -0.481 e. The van der Waals surface area contributed by atoms with Crippen LogP contribution in [-0.2, 0) is 9.53 Å². The first-order valence-electron chi connectivity index (χ1n) is 7.03.